The zero-order valence-electron chi connectivity index (χ0n) is 20.8. The van der Waals surface area contributed by atoms with Gasteiger partial charge in [0.25, 0.3) is 0 Å². The molecule has 0 aliphatic heterocycles. The van der Waals surface area contributed by atoms with Gasteiger partial charge in [0.2, 0.25) is 0 Å². The molecule has 0 fully saturated rings. The van der Waals surface area contributed by atoms with Gasteiger partial charge in [-0.1, -0.05) is 0 Å². The molecule has 0 aromatic rings. The summed E-state index contributed by atoms with van der Waals surface area (Å²) in [6, 6.07) is 0. The molecule has 4 N–H and O–H groups in total. The van der Waals surface area contributed by atoms with Gasteiger partial charge >= 0.3 is 0 Å². The summed E-state index contributed by atoms with van der Waals surface area (Å²) in [7, 11) is 6.27. The van der Waals surface area contributed by atoms with Crippen LogP contribution in [0.25, 0.3) is 0 Å². The number of hydrogen-bond acceptors (Lipinski definition) is 8. The first-order chi connectivity index (χ1) is 12.2. The number of methoxy groups -OCH3 is 4. The largest absolute Gasteiger partial charge is 0.388 e. The second kappa shape index (κ2) is 20.5. The molecule has 180 valence electrons. The maximum absolute atomic E-state index is 8.89. The summed E-state index contributed by atoms with van der Waals surface area (Å²) in [5.41, 5.74) is -2.69. The fourth-order valence-corrected chi connectivity index (χ4v) is 1.41. The Balaban J connectivity index is -0.0000000873. The predicted octanol–water partition coefficient (Wildman–Crippen LogP) is 1.61. The van der Waals surface area contributed by atoms with E-state index < -0.39 is 22.4 Å². The molecule has 0 aromatic heterocycles. The Morgan fingerprint density at radius 3 is 0.517 bits per heavy atom. The molecule has 9 heteroatoms. The molecular weight excluding hydrogens is 459 g/mol. The van der Waals surface area contributed by atoms with Crippen LogP contribution in [0.2, 0.25) is 0 Å². The monoisotopic (exact) mass is 506 g/mol. The molecule has 0 bridgehead atoms. The summed E-state index contributed by atoms with van der Waals surface area (Å²) in [6.45, 7) is 15.2. The molecule has 0 heterocycles. The first kappa shape index (κ1) is 40.0. The second-order valence-electron chi connectivity index (χ2n) is 8.98. The summed E-state index contributed by atoms with van der Waals surface area (Å²) >= 11 is 0. The molecular formula is C20H48O8Zr. The Labute approximate surface area is 198 Å². The third-order valence-electron chi connectivity index (χ3n) is 1.99. The molecule has 0 amide bonds. The Kier molecular flexibility index (Phi) is 28.2. The van der Waals surface area contributed by atoms with E-state index in [0.717, 1.165) is 0 Å². The van der Waals surface area contributed by atoms with Crippen molar-refractivity contribution in [1.29, 1.82) is 0 Å². The summed E-state index contributed by atoms with van der Waals surface area (Å²) < 4.78 is 18.6. The Morgan fingerprint density at radius 1 is 0.414 bits per heavy atom. The average Bonchev–Trinajstić information content (AvgIpc) is 2.34. The van der Waals surface area contributed by atoms with Gasteiger partial charge in [0.1, 0.15) is 0 Å². The predicted molar refractivity (Wildman–Crippen MR) is 113 cm³/mol. The van der Waals surface area contributed by atoms with E-state index in [1.807, 2.05) is 0 Å². The van der Waals surface area contributed by atoms with Crippen LogP contribution in [0.1, 0.15) is 55.4 Å². The van der Waals surface area contributed by atoms with Gasteiger partial charge < -0.3 is 39.4 Å². The van der Waals surface area contributed by atoms with Crippen LogP contribution >= 0.6 is 0 Å². The maximum Gasteiger partial charge on any atom is 0.0824 e. The van der Waals surface area contributed by atoms with Crippen molar-refractivity contribution in [2.45, 2.75) is 77.8 Å². The van der Waals surface area contributed by atoms with Gasteiger partial charge in [0.05, 0.1) is 48.8 Å². The van der Waals surface area contributed by atoms with Gasteiger partial charge in [0.15, 0.2) is 0 Å². The van der Waals surface area contributed by atoms with Gasteiger partial charge in [-0.25, -0.2) is 0 Å². The fourth-order valence-electron chi connectivity index (χ4n) is 1.41. The molecule has 0 atom stereocenters. The third kappa shape index (κ3) is 73.5. The number of hydrogen-bond donors (Lipinski definition) is 4. The SMILES string of the molecule is COCC(C)(C)O.COCC(C)(C)O.COCC(C)(C)O.COCC(C)(C)O.[Zr]. The van der Waals surface area contributed by atoms with E-state index >= 15 is 0 Å². The van der Waals surface area contributed by atoms with Crippen molar-refractivity contribution in [2.24, 2.45) is 0 Å². The van der Waals surface area contributed by atoms with Gasteiger partial charge in [-0.05, 0) is 55.4 Å². The van der Waals surface area contributed by atoms with Crippen LogP contribution in [0.15, 0.2) is 0 Å². The van der Waals surface area contributed by atoms with Crippen molar-refractivity contribution >= 4 is 0 Å². The minimum Gasteiger partial charge on any atom is -0.388 e. The molecule has 0 unspecified atom stereocenters. The van der Waals surface area contributed by atoms with E-state index in [0.29, 0.717) is 26.4 Å². The number of ether oxygens (including phenoxy) is 4. The minimum atomic E-state index is -0.672. The standard InChI is InChI=1S/4C5H12O2.Zr/c4*1-5(2,6)4-7-3;/h4*6H,4H2,1-3H3;. The molecule has 0 aliphatic carbocycles. The summed E-state index contributed by atoms with van der Waals surface area (Å²) in [4.78, 5) is 0. The van der Waals surface area contributed by atoms with Crippen molar-refractivity contribution in [2.75, 3.05) is 54.9 Å². The van der Waals surface area contributed by atoms with Crippen molar-refractivity contribution < 1.29 is 65.6 Å². The Morgan fingerprint density at radius 2 is 0.517 bits per heavy atom. The molecule has 0 aliphatic rings. The number of rotatable bonds is 8. The topological polar surface area (TPSA) is 118 Å². The Bertz CT molecular complexity index is 248. The first-order valence-corrected chi connectivity index (χ1v) is 9.10. The van der Waals surface area contributed by atoms with E-state index in [1.165, 1.54) is 0 Å². The van der Waals surface area contributed by atoms with E-state index in [1.54, 1.807) is 83.8 Å². The van der Waals surface area contributed by atoms with E-state index in [9.17, 15) is 0 Å². The van der Waals surface area contributed by atoms with E-state index in [-0.39, 0.29) is 26.2 Å². The molecule has 0 aromatic carbocycles. The number of aliphatic hydroxyl groups is 4. The van der Waals surface area contributed by atoms with Crippen molar-refractivity contribution in [1.82, 2.24) is 0 Å². The summed E-state index contributed by atoms with van der Waals surface area (Å²) in [5.74, 6) is 0. The zero-order valence-corrected chi connectivity index (χ0v) is 23.2. The Hall–Kier alpha value is 0.563. The average molecular weight is 508 g/mol. The third-order valence-corrected chi connectivity index (χ3v) is 1.99. The van der Waals surface area contributed by atoms with Gasteiger partial charge in [-0.2, -0.15) is 0 Å². The van der Waals surface area contributed by atoms with Crippen LogP contribution in [0.4, 0.5) is 0 Å². The molecule has 0 rings (SSSR count). The molecule has 0 radical (unpaired) electrons. The van der Waals surface area contributed by atoms with Gasteiger partial charge in [0, 0.05) is 54.6 Å². The smallest absolute Gasteiger partial charge is 0.0824 e. The quantitative estimate of drug-likeness (QED) is 0.391. The minimum absolute atomic E-state index is 0. The van der Waals surface area contributed by atoms with Crippen molar-refractivity contribution in [3.63, 3.8) is 0 Å². The van der Waals surface area contributed by atoms with Crippen molar-refractivity contribution in [3.8, 4) is 0 Å². The second-order valence-corrected chi connectivity index (χ2v) is 8.98. The van der Waals surface area contributed by atoms with E-state index in [2.05, 4.69) is 18.9 Å². The van der Waals surface area contributed by atoms with Crippen LogP contribution in [-0.4, -0.2) is 97.7 Å². The van der Waals surface area contributed by atoms with Crippen molar-refractivity contribution in [3.05, 3.63) is 0 Å². The molecule has 29 heavy (non-hydrogen) atoms. The van der Waals surface area contributed by atoms with Gasteiger partial charge in [-0.15, -0.1) is 0 Å². The van der Waals surface area contributed by atoms with Crippen LogP contribution in [0.5, 0.6) is 0 Å². The zero-order chi connectivity index (χ0) is 23.7. The molecule has 8 nitrogen and oxygen atoms in total. The maximum atomic E-state index is 8.89. The summed E-state index contributed by atoms with van der Waals surface area (Å²) in [5, 5.41) is 35.6. The fraction of sp³-hybridized carbons (Fsp3) is 1.00. The molecule has 0 saturated carbocycles. The van der Waals surface area contributed by atoms with E-state index in [4.69, 9.17) is 20.4 Å². The normalized spacial score (nSPS) is 11.6. The molecule has 0 spiro atoms. The van der Waals surface area contributed by atoms with Crippen LogP contribution in [-0.2, 0) is 45.2 Å². The summed E-state index contributed by atoms with van der Waals surface area (Å²) in [6.07, 6.45) is 0. The van der Waals surface area contributed by atoms with Crippen LogP contribution < -0.4 is 0 Å². The van der Waals surface area contributed by atoms with Crippen LogP contribution in [0, 0.1) is 0 Å². The van der Waals surface area contributed by atoms with Crippen LogP contribution in [0.3, 0.4) is 0 Å². The first-order valence-electron chi connectivity index (χ1n) is 9.10. The van der Waals surface area contributed by atoms with Gasteiger partial charge in [-0.3, -0.25) is 0 Å². The molecule has 0 saturated heterocycles.